The van der Waals surface area contributed by atoms with Crippen molar-refractivity contribution in [2.75, 3.05) is 13.7 Å². The number of hydrogen-bond donors (Lipinski definition) is 1. The average Bonchev–Trinajstić information content (AvgIpc) is 2.79. The maximum Gasteiger partial charge on any atom is 0.255 e. The molecule has 0 radical (unpaired) electrons. The van der Waals surface area contributed by atoms with Gasteiger partial charge in [0.2, 0.25) is 10.0 Å². The van der Waals surface area contributed by atoms with Crippen molar-refractivity contribution >= 4 is 22.1 Å². The van der Waals surface area contributed by atoms with E-state index < -0.39 is 15.9 Å². The van der Waals surface area contributed by atoms with Crippen LogP contribution >= 0.6 is 0 Å². The highest BCUT2D eigenvalue weighted by molar-refractivity contribution is 7.89. The lowest BCUT2D eigenvalue weighted by Gasteiger charge is -2.32. The topological polar surface area (TPSA) is 88.1 Å². The summed E-state index contributed by atoms with van der Waals surface area (Å²) in [6.45, 7) is -0.262. The fourth-order valence-corrected chi connectivity index (χ4v) is 5.22. The van der Waals surface area contributed by atoms with Crippen LogP contribution < -0.4 is 10.2 Å². The summed E-state index contributed by atoms with van der Waals surface area (Å²) in [5.41, 5.74) is 3.24. The van der Waals surface area contributed by atoms with E-state index in [0.29, 0.717) is 0 Å². The number of amides is 1. The van der Waals surface area contributed by atoms with Gasteiger partial charge in [0, 0.05) is 6.04 Å². The third-order valence-electron chi connectivity index (χ3n) is 5.15. The second-order valence-electron chi connectivity index (χ2n) is 7.22. The molecule has 0 aliphatic heterocycles. The SMILES string of the molecule is COc1ccc(/C=N/NC(=O)CN(C2CCCCC2)S(=O)(=O)c2ccccc2)cc1. The molecule has 8 heteroatoms. The van der Waals surface area contributed by atoms with E-state index in [4.69, 9.17) is 4.74 Å². The Kier molecular flexibility index (Phi) is 7.59. The van der Waals surface area contributed by atoms with Crippen molar-refractivity contribution in [2.24, 2.45) is 5.10 Å². The predicted octanol–water partition coefficient (Wildman–Crippen LogP) is 3.17. The number of methoxy groups -OCH3 is 1. The number of rotatable bonds is 8. The van der Waals surface area contributed by atoms with Crippen LogP contribution in [0.1, 0.15) is 37.7 Å². The summed E-state index contributed by atoms with van der Waals surface area (Å²) < 4.78 is 32.9. The van der Waals surface area contributed by atoms with E-state index in [2.05, 4.69) is 10.5 Å². The highest BCUT2D eigenvalue weighted by Gasteiger charge is 2.33. The lowest BCUT2D eigenvalue weighted by molar-refractivity contribution is -0.121. The number of carbonyl (C=O) groups is 1. The van der Waals surface area contributed by atoms with Crippen molar-refractivity contribution in [3.05, 3.63) is 60.2 Å². The Hall–Kier alpha value is -2.71. The lowest BCUT2D eigenvalue weighted by Crippen LogP contribution is -2.46. The van der Waals surface area contributed by atoms with Gasteiger partial charge in [0.1, 0.15) is 5.75 Å². The maximum absolute atomic E-state index is 13.2. The summed E-state index contributed by atoms with van der Waals surface area (Å²) in [5.74, 6) is 0.260. The van der Waals surface area contributed by atoms with E-state index >= 15 is 0 Å². The summed E-state index contributed by atoms with van der Waals surface area (Å²) in [6.07, 6.45) is 6.04. The van der Waals surface area contributed by atoms with Crippen molar-refractivity contribution < 1.29 is 17.9 Å². The van der Waals surface area contributed by atoms with Gasteiger partial charge in [-0.2, -0.15) is 9.41 Å². The summed E-state index contributed by atoms with van der Waals surface area (Å²) >= 11 is 0. The molecule has 160 valence electrons. The Morgan fingerprint density at radius 3 is 2.40 bits per heavy atom. The molecule has 0 saturated heterocycles. The fourth-order valence-electron chi connectivity index (χ4n) is 3.55. The van der Waals surface area contributed by atoms with Crippen LogP contribution in [0.5, 0.6) is 5.75 Å². The molecular formula is C22H27N3O4S. The van der Waals surface area contributed by atoms with Crippen LogP contribution in [0.3, 0.4) is 0 Å². The molecule has 1 saturated carbocycles. The van der Waals surface area contributed by atoms with Gasteiger partial charge in [-0.05, 0) is 54.8 Å². The number of carbonyl (C=O) groups excluding carboxylic acids is 1. The molecule has 30 heavy (non-hydrogen) atoms. The number of hydrogen-bond acceptors (Lipinski definition) is 5. The Balaban J connectivity index is 1.70. The second-order valence-corrected chi connectivity index (χ2v) is 9.11. The largest absolute Gasteiger partial charge is 0.497 e. The zero-order chi connectivity index (χ0) is 21.4. The Morgan fingerprint density at radius 1 is 1.10 bits per heavy atom. The molecule has 0 aromatic heterocycles. The molecule has 1 aliphatic carbocycles. The highest BCUT2D eigenvalue weighted by atomic mass is 32.2. The highest BCUT2D eigenvalue weighted by Crippen LogP contribution is 2.27. The average molecular weight is 430 g/mol. The minimum absolute atomic E-state index is 0.180. The zero-order valence-corrected chi connectivity index (χ0v) is 17.8. The molecule has 0 unspecified atom stereocenters. The van der Waals surface area contributed by atoms with Crippen molar-refractivity contribution in [3.63, 3.8) is 0 Å². The van der Waals surface area contributed by atoms with E-state index in [0.717, 1.165) is 43.4 Å². The van der Waals surface area contributed by atoms with Gasteiger partial charge in [-0.15, -0.1) is 0 Å². The second kappa shape index (κ2) is 10.4. The first kappa shape index (κ1) is 22.0. The minimum Gasteiger partial charge on any atom is -0.497 e. The summed E-state index contributed by atoms with van der Waals surface area (Å²) in [7, 11) is -2.19. The number of benzene rings is 2. The van der Waals surface area contributed by atoms with E-state index in [9.17, 15) is 13.2 Å². The maximum atomic E-state index is 13.2. The Bertz CT molecular complexity index is 954. The molecule has 0 atom stereocenters. The van der Waals surface area contributed by atoms with E-state index in [-0.39, 0.29) is 17.5 Å². The number of nitrogens with zero attached hydrogens (tertiary/aromatic N) is 2. The summed E-state index contributed by atoms with van der Waals surface area (Å²) in [5, 5.41) is 3.96. The van der Waals surface area contributed by atoms with Crippen LogP contribution in [-0.4, -0.2) is 44.5 Å². The van der Waals surface area contributed by atoms with Gasteiger partial charge in [-0.1, -0.05) is 37.5 Å². The summed E-state index contributed by atoms with van der Waals surface area (Å²) in [4.78, 5) is 12.7. The number of nitrogens with one attached hydrogen (secondary N) is 1. The molecule has 1 N–H and O–H groups in total. The van der Waals surface area contributed by atoms with Crippen LogP contribution in [0.15, 0.2) is 64.6 Å². The molecular weight excluding hydrogens is 402 g/mol. The van der Waals surface area contributed by atoms with Crippen LogP contribution in [0.25, 0.3) is 0 Å². The number of ether oxygens (including phenoxy) is 1. The first-order valence-corrected chi connectivity index (χ1v) is 11.5. The molecule has 3 rings (SSSR count). The molecule has 1 aliphatic rings. The monoisotopic (exact) mass is 429 g/mol. The standard InChI is InChI=1S/C22H27N3O4S/c1-29-20-14-12-18(13-15-20)16-23-24-22(26)17-25(19-8-4-2-5-9-19)30(27,28)21-10-6-3-7-11-21/h3,6-7,10-16,19H,2,4-5,8-9,17H2,1H3,(H,24,26)/b23-16+. The minimum atomic E-state index is -3.77. The first-order valence-electron chi connectivity index (χ1n) is 10.0. The third kappa shape index (κ3) is 5.67. The predicted molar refractivity (Wildman–Crippen MR) is 116 cm³/mol. The third-order valence-corrected chi connectivity index (χ3v) is 7.06. The smallest absolute Gasteiger partial charge is 0.255 e. The first-order chi connectivity index (χ1) is 14.5. The molecule has 0 bridgehead atoms. The van der Waals surface area contributed by atoms with Crippen LogP contribution in [0.2, 0.25) is 0 Å². The van der Waals surface area contributed by atoms with Gasteiger partial charge in [0.05, 0.1) is 24.8 Å². The van der Waals surface area contributed by atoms with Crippen molar-refractivity contribution in [1.82, 2.24) is 9.73 Å². The van der Waals surface area contributed by atoms with Crippen LogP contribution in [-0.2, 0) is 14.8 Å². The van der Waals surface area contributed by atoms with Gasteiger partial charge in [0.15, 0.2) is 0 Å². The molecule has 0 heterocycles. The van der Waals surface area contributed by atoms with Crippen LogP contribution in [0.4, 0.5) is 0 Å². The molecule has 7 nitrogen and oxygen atoms in total. The van der Waals surface area contributed by atoms with Gasteiger partial charge in [-0.25, -0.2) is 13.8 Å². The van der Waals surface area contributed by atoms with E-state index in [1.165, 1.54) is 10.5 Å². The molecule has 2 aromatic rings. The van der Waals surface area contributed by atoms with E-state index in [1.807, 2.05) is 12.1 Å². The van der Waals surface area contributed by atoms with Crippen molar-refractivity contribution in [3.8, 4) is 5.75 Å². The van der Waals surface area contributed by atoms with Gasteiger partial charge in [0.25, 0.3) is 5.91 Å². The summed E-state index contributed by atoms with van der Waals surface area (Å²) in [6, 6.07) is 15.3. The zero-order valence-electron chi connectivity index (χ0n) is 17.0. The lowest BCUT2D eigenvalue weighted by atomic mass is 9.95. The molecule has 0 spiro atoms. The fraction of sp³-hybridized carbons (Fsp3) is 0.364. The number of sulfonamides is 1. The number of hydrazone groups is 1. The van der Waals surface area contributed by atoms with Crippen molar-refractivity contribution in [1.29, 1.82) is 0 Å². The van der Waals surface area contributed by atoms with Crippen LogP contribution in [0, 0.1) is 0 Å². The Labute approximate surface area is 177 Å². The van der Waals surface area contributed by atoms with Gasteiger partial charge in [-0.3, -0.25) is 4.79 Å². The molecule has 1 fully saturated rings. The molecule has 1 amide bonds. The van der Waals surface area contributed by atoms with Gasteiger partial charge < -0.3 is 4.74 Å². The van der Waals surface area contributed by atoms with E-state index in [1.54, 1.807) is 49.6 Å². The van der Waals surface area contributed by atoms with Gasteiger partial charge >= 0.3 is 0 Å². The normalized spacial score (nSPS) is 15.4. The molecule has 2 aromatic carbocycles. The quantitative estimate of drug-likeness (QED) is 0.516. The van der Waals surface area contributed by atoms with Crippen molar-refractivity contribution in [2.45, 2.75) is 43.0 Å². The Morgan fingerprint density at radius 2 is 1.77 bits per heavy atom.